The summed E-state index contributed by atoms with van der Waals surface area (Å²) >= 11 is 0. The minimum absolute atomic E-state index is 0.171. The summed E-state index contributed by atoms with van der Waals surface area (Å²) in [5.74, 6) is -1.25. The quantitative estimate of drug-likeness (QED) is 0.0590. The van der Waals surface area contributed by atoms with E-state index in [1.807, 2.05) is 60.7 Å². The zero-order valence-corrected chi connectivity index (χ0v) is 23.9. The predicted molar refractivity (Wildman–Crippen MR) is 176 cm³/mol. The Kier molecular flexibility index (Phi) is 5.73. The molecule has 6 aromatic rings. The molecule has 46 heavy (non-hydrogen) atoms. The summed E-state index contributed by atoms with van der Waals surface area (Å²) in [6.45, 7) is 0. The average molecular weight is 605 g/mol. The molecule has 0 fully saturated rings. The number of allylic oxidation sites excluding steroid dienone is 4. The molecule has 1 atom stereocenters. The highest BCUT2D eigenvalue weighted by Crippen LogP contribution is 2.59. The number of rotatable bonds is 2. The van der Waals surface area contributed by atoms with Crippen LogP contribution in [0.1, 0.15) is 11.1 Å². The minimum Gasteiger partial charge on any atom is -0.504 e. The van der Waals surface area contributed by atoms with Gasteiger partial charge in [0.25, 0.3) is 0 Å². The fourth-order valence-corrected chi connectivity index (χ4v) is 6.95. The third kappa shape index (κ3) is 3.55. The van der Waals surface area contributed by atoms with Crippen LogP contribution in [0.2, 0.25) is 0 Å². The van der Waals surface area contributed by atoms with Crippen LogP contribution >= 0.6 is 0 Å². The summed E-state index contributed by atoms with van der Waals surface area (Å²) in [5, 5.41) is 80.7. The van der Waals surface area contributed by atoms with Gasteiger partial charge in [-0.05, 0) is 66.4 Å². The fourth-order valence-electron chi connectivity index (χ4n) is 6.95. The molecular formula is C39H24O7. The van der Waals surface area contributed by atoms with E-state index >= 15 is 0 Å². The van der Waals surface area contributed by atoms with Crippen LogP contribution < -0.4 is 10.4 Å². The first-order valence-corrected chi connectivity index (χ1v) is 14.5. The predicted octanol–water partition coefficient (Wildman–Crippen LogP) is 5.61. The van der Waals surface area contributed by atoms with E-state index in [-0.39, 0.29) is 10.9 Å². The van der Waals surface area contributed by atoms with Crippen LogP contribution in [0.15, 0.2) is 103 Å². The Bertz CT molecular complexity index is 2610. The minimum atomic E-state index is -1.09. The van der Waals surface area contributed by atoms with E-state index in [0.717, 1.165) is 43.5 Å². The molecule has 0 saturated heterocycles. The van der Waals surface area contributed by atoms with E-state index in [1.54, 1.807) is 6.08 Å². The van der Waals surface area contributed by atoms with Crippen molar-refractivity contribution < 1.29 is 35.7 Å². The van der Waals surface area contributed by atoms with Gasteiger partial charge in [0.05, 0.1) is 11.3 Å². The molecule has 0 radical (unpaired) electrons. The van der Waals surface area contributed by atoms with Crippen LogP contribution in [0.5, 0.6) is 40.2 Å². The standard InChI is InChI=1S/C39H24O7/c40-33-30(31-32(35(42)37(33)44)36(43)39(46)38(45)34(31)41)29-25-15-3-1-2-14-23(25)28(24-16-8-9-17-26(24)29)27-18-19-10-4-5-11-20(19)21-12-6-7-13-22(21)27/h1-2,4-14,16-18,25,40-46H. The fraction of sp³-hybridized carbons (Fsp3) is 0.0256. The van der Waals surface area contributed by atoms with Gasteiger partial charge in [-0.25, -0.2) is 0 Å². The van der Waals surface area contributed by atoms with Crippen molar-refractivity contribution in [1.29, 1.82) is 0 Å². The SMILES string of the molecule is Oc1c(O)c(O)c2c(C3=c4ccccc4=C(c4cc5ccccc5c5ccccc45)C4=CC=CC#CC43)c(O)c(O)c(O)c2c1O. The van der Waals surface area contributed by atoms with Gasteiger partial charge in [0.2, 0.25) is 17.2 Å². The Labute approximate surface area is 261 Å². The smallest absolute Gasteiger partial charge is 0.205 e. The van der Waals surface area contributed by atoms with Crippen molar-refractivity contribution in [1.82, 2.24) is 0 Å². The lowest BCUT2D eigenvalue weighted by Gasteiger charge is -2.29. The van der Waals surface area contributed by atoms with Crippen molar-refractivity contribution in [2.75, 3.05) is 0 Å². The van der Waals surface area contributed by atoms with E-state index in [0.29, 0.717) is 10.8 Å². The molecule has 0 bridgehead atoms. The highest BCUT2D eigenvalue weighted by atomic mass is 16.3. The molecule has 2 aliphatic rings. The lowest BCUT2D eigenvalue weighted by Crippen LogP contribution is -2.37. The third-order valence-corrected chi connectivity index (χ3v) is 8.93. The Morgan fingerprint density at radius 1 is 0.543 bits per heavy atom. The maximum Gasteiger partial charge on any atom is 0.205 e. The van der Waals surface area contributed by atoms with Gasteiger partial charge in [-0.15, -0.1) is 0 Å². The van der Waals surface area contributed by atoms with Crippen LogP contribution in [0.4, 0.5) is 0 Å². The normalized spacial score (nSPS) is 15.3. The lowest BCUT2D eigenvalue weighted by atomic mass is 9.73. The molecule has 0 aromatic heterocycles. The molecule has 222 valence electrons. The number of hydrogen-bond acceptors (Lipinski definition) is 7. The maximum atomic E-state index is 11.5. The van der Waals surface area contributed by atoms with Crippen LogP contribution in [0, 0.1) is 17.8 Å². The number of fused-ring (bicyclic) bond motifs is 6. The number of aromatic hydroxyl groups is 7. The zero-order valence-electron chi connectivity index (χ0n) is 23.9. The first kappa shape index (κ1) is 27.1. The van der Waals surface area contributed by atoms with E-state index < -0.39 is 51.6 Å². The summed E-state index contributed by atoms with van der Waals surface area (Å²) in [6.07, 6.45) is 5.45. The Morgan fingerprint density at radius 3 is 1.87 bits per heavy atom. The lowest BCUT2D eigenvalue weighted by molar-refractivity contribution is 0.346. The molecule has 6 aromatic carbocycles. The number of phenols is 7. The van der Waals surface area contributed by atoms with Gasteiger partial charge in [0, 0.05) is 10.9 Å². The summed E-state index contributed by atoms with van der Waals surface area (Å²) in [7, 11) is 0. The molecule has 8 rings (SSSR count). The number of phenolic OH excluding ortho intramolecular Hbond substituents is 7. The molecular weight excluding hydrogens is 580 g/mol. The van der Waals surface area contributed by atoms with Crippen molar-refractivity contribution >= 4 is 43.5 Å². The van der Waals surface area contributed by atoms with Gasteiger partial charge in [0.15, 0.2) is 23.0 Å². The van der Waals surface area contributed by atoms with Gasteiger partial charge < -0.3 is 35.7 Å². The van der Waals surface area contributed by atoms with Crippen molar-refractivity contribution in [3.63, 3.8) is 0 Å². The second-order valence-electron chi connectivity index (χ2n) is 11.3. The molecule has 0 spiro atoms. The summed E-state index contributed by atoms with van der Waals surface area (Å²) in [5.41, 5.74) is 2.80. The Hall–Kier alpha value is -6.52. The van der Waals surface area contributed by atoms with Crippen LogP contribution in [-0.2, 0) is 0 Å². The Balaban J connectivity index is 1.64. The second-order valence-corrected chi connectivity index (χ2v) is 11.3. The summed E-state index contributed by atoms with van der Waals surface area (Å²) in [6, 6.07) is 25.9. The van der Waals surface area contributed by atoms with Crippen LogP contribution in [0.25, 0.3) is 43.5 Å². The van der Waals surface area contributed by atoms with Gasteiger partial charge in [-0.2, -0.15) is 0 Å². The highest BCUT2D eigenvalue weighted by molar-refractivity contribution is 6.15. The van der Waals surface area contributed by atoms with Crippen molar-refractivity contribution in [3.8, 4) is 52.1 Å². The summed E-state index contributed by atoms with van der Waals surface area (Å²) in [4.78, 5) is 0. The van der Waals surface area contributed by atoms with Gasteiger partial charge in [-0.3, -0.25) is 0 Å². The molecule has 2 aliphatic carbocycles. The molecule has 7 heteroatoms. The molecule has 7 nitrogen and oxygen atoms in total. The monoisotopic (exact) mass is 604 g/mol. The van der Waals surface area contributed by atoms with E-state index in [4.69, 9.17) is 0 Å². The Morgan fingerprint density at radius 2 is 1.13 bits per heavy atom. The molecule has 0 amide bonds. The highest BCUT2D eigenvalue weighted by Gasteiger charge is 2.36. The van der Waals surface area contributed by atoms with E-state index in [1.165, 1.54) is 0 Å². The second kappa shape index (κ2) is 9.74. The molecule has 0 aliphatic heterocycles. The topological polar surface area (TPSA) is 142 Å². The van der Waals surface area contributed by atoms with Gasteiger partial charge in [-0.1, -0.05) is 96.8 Å². The van der Waals surface area contributed by atoms with E-state index in [2.05, 4.69) is 42.2 Å². The maximum absolute atomic E-state index is 11.5. The number of hydrogen-bond donors (Lipinski definition) is 7. The average Bonchev–Trinajstić information content (AvgIpc) is 3.34. The van der Waals surface area contributed by atoms with Crippen LogP contribution in [0.3, 0.4) is 0 Å². The summed E-state index contributed by atoms with van der Waals surface area (Å²) < 4.78 is 0. The van der Waals surface area contributed by atoms with Crippen molar-refractivity contribution in [3.05, 3.63) is 124 Å². The molecule has 0 heterocycles. The largest absolute Gasteiger partial charge is 0.504 e. The van der Waals surface area contributed by atoms with Gasteiger partial charge >= 0.3 is 0 Å². The van der Waals surface area contributed by atoms with Crippen molar-refractivity contribution in [2.45, 2.75) is 0 Å². The van der Waals surface area contributed by atoms with Crippen molar-refractivity contribution in [2.24, 2.45) is 5.92 Å². The van der Waals surface area contributed by atoms with Gasteiger partial charge in [0.1, 0.15) is 0 Å². The first-order valence-electron chi connectivity index (χ1n) is 14.5. The van der Waals surface area contributed by atoms with Crippen LogP contribution in [-0.4, -0.2) is 35.7 Å². The number of benzene rings is 6. The zero-order chi connectivity index (χ0) is 31.9. The molecule has 0 saturated carbocycles. The van der Waals surface area contributed by atoms with E-state index in [9.17, 15) is 35.7 Å². The molecule has 1 unspecified atom stereocenters. The molecule has 7 N–H and O–H groups in total. The third-order valence-electron chi connectivity index (χ3n) is 8.93. The first-order chi connectivity index (χ1) is 22.3.